The summed E-state index contributed by atoms with van der Waals surface area (Å²) in [5, 5.41) is 9.45. The smallest absolute Gasteiger partial charge is 0.218 e. The number of hydrogen-bond acceptors (Lipinski definition) is 5. The van der Waals surface area contributed by atoms with Gasteiger partial charge < -0.3 is 9.66 Å². The van der Waals surface area contributed by atoms with Crippen LogP contribution < -0.4 is 0 Å². The van der Waals surface area contributed by atoms with Crippen molar-refractivity contribution in [3.8, 4) is 0 Å². The summed E-state index contributed by atoms with van der Waals surface area (Å²) in [6.07, 6.45) is 13.4. The topological polar surface area (TPSA) is 107 Å². The zero-order valence-electron chi connectivity index (χ0n) is 15.6. The van der Waals surface area contributed by atoms with Crippen LogP contribution in [-0.4, -0.2) is 74.0 Å². The Balaban J connectivity index is 1.84. The number of sulfone groups is 1. The lowest BCUT2D eigenvalue weighted by atomic mass is 10.1. The summed E-state index contributed by atoms with van der Waals surface area (Å²) < 4.78 is 48.3. The number of hydrogen-bond donors (Lipinski definition) is 2. The van der Waals surface area contributed by atoms with Gasteiger partial charge >= 0.3 is 0 Å². The highest BCUT2D eigenvalue weighted by Crippen LogP contribution is 2.22. The van der Waals surface area contributed by atoms with E-state index in [1.54, 1.807) is 12.2 Å². The van der Waals surface area contributed by atoms with Crippen molar-refractivity contribution < 1.29 is 26.9 Å². The van der Waals surface area contributed by atoms with Crippen molar-refractivity contribution in [1.82, 2.24) is 0 Å². The van der Waals surface area contributed by atoms with E-state index in [4.69, 9.17) is 0 Å². The monoisotopic (exact) mass is 423 g/mol. The number of aliphatic imine (C=N–C) groups is 1. The highest BCUT2D eigenvalue weighted by atomic mass is 32.2. The fourth-order valence-electron chi connectivity index (χ4n) is 3.02. The van der Waals surface area contributed by atoms with Gasteiger partial charge in [0, 0.05) is 17.7 Å². The van der Waals surface area contributed by atoms with Crippen LogP contribution in [0.4, 0.5) is 0 Å². The molecule has 1 aliphatic heterocycles. The fourth-order valence-corrected chi connectivity index (χ4v) is 7.42. The number of nitrogens with zero attached hydrogens (tertiary/aromatic N) is 2. The normalized spacial score (nSPS) is 25.2. The molecule has 9 heteroatoms. The lowest BCUT2D eigenvalue weighted by Gasteiger charge is -2.15. The molecule has 0 aromatic heterocycles. The van der Waals surface area contributed by atoms with Gasteiger partial charge in [0.2, 0.25) is 5.88 Å². The minimum Gasteiger partial charge on any atom is -0.493 e. The van der Waals surface area contributed by atoms with Crippen molar-refractivity contribution in [2.75, 3.05) is 25.6 Å². The van der Waals surface area contributed by atoms with Crippen molar-refractivity contribution in [1.29, 1.82) is 0 Å². The molecule has 3 aliphatic rings. The second kappa shape index (κ2) is 7.65. The molecule has 1 heterocycles. The van der Waals surface area contributed by atoms with E-state index in [9.17, 15) is 22.3 Å². The summed E-state index contributed by atoms with van der Waals surface area (Å²) in [4.78, 5) is 4.31. The van der Waals surface area contributed by atoms with Crippen molar-refractivity contribution in [2.24, 2.45) is 4.99 Å². The van der Waals surface area contributed by atoms with Gasteiger partial charge in [-0.3, -0.25) is 0 Å². The van der Waals surface area contributed by atoms with Crippen molar-refractivity contribution in [2.45, 2.75) is 11.7 Å². The molecule has 7 nitrogen and oxygen atoms in total. The SMILES string of the molecule is C[N+](C)=C1C=CC(=NC(O)=C2C=CC(=S(=O)(O)[C@H]3CCS(=O)(=O)C3)C=C2)C=C1. The maximum absolute atomic E-state index is 12.7. The van der Waals surface area contributed by atoms with Crippen LogP contribution in [0.2, 0.25) is 0 Å². The Hall–Kier alpha value is -2.23. The van der Waals surface area contributed by atoms with Crippen LogP contribution in [0.25, 0.3) is 0 Å². The van der Waals surface area contributed by atoms with E-state index in [0.717, 1.165) is 5.71 Å². The van der Waals surface area contributed by atoms with E-state index in [1.807, 2.05) is 30.8 Å². The summed E-state index contributed by atoms with van der Waals surface area (Å²) in [5.74, 6) is -0.551. The van der Waals surface area contributed by atoms with E-state index in [-0.39, 0.29) is 28.7 Å². The summed E-state index contributed by atoms with van der Waals surface area (Å²) in [6.45, 7) is 0. The van der Waals surface area contributed by atoms with Crippen LogP contribution in [0.5, 0.6) is 0 Å². The van der Waals surface area contributed by atoms with Crippen molar-refractivity contribution in [3.63, 3.8) is 0 Å². The Kier molecular flexibility index (Phi) is 5.60. The molecule has 3 rings (SSSR count). The van der Waals surface area contributed by atoms with Gasteiger partial charge in [-0.15, -0.1) is 0 Å². The van der Waals surface area contributed by atoms with E-state index < -0.39 is 24.9 Å². The van der Waals surface area contributed by atoms with Gasteiger partial charge in [0.25, 0.3) is 0 Å². The molecule has 150 valence electrons. The molecule has 0 amide bonds. The number of aliphatic hydroxyl groups excluding tert-OH is 1. The highest BCUT2D eigenvalue weighted by Gasteiger charge is 2.35. The number of allylic oxidation sites excluding steroid dienone is 9. The maximum Gasteiger partial charge on any atom is 0.218 e. The first-order chi connectivity index (χ1) is 13.1. The van der Waals surface area contributed by atoms with E-state index >= 15 is 0 Å². The van der Waals surface area contributed by atoms with Crippen LogP contribution >= 0.6 is 0 Å². The van der Waals surface area contributed by atoms with Crippen LogP contribution in [0.1, 0.15) is 6.42 Å². The Morgan fingerprint density at radius 2 is 1.71 bits per heavy atom. The summed E-state index contributed by atoms with van der Waals surface area (Å²) in [5.41, 5.74) is 1.98. The van der Waals surface area contributed by atoms with Gasteiger partial charge in [0.1, 0.15) is 14.1 Å². The van der Waals surface area contributed by atoms with Gasteiger partial charge in [0.05, 0.1) is 37.1 Å². The zero-order chi connectivity index (χ0) is 20.5. The predicted octanol–water partition coefficient (Wildman–Crippen LogP) is 1.28. The molecule has 0 aromatic rings. The Labute approximate surface area is 165 Å². The molecule has 0 saturated carbocycles. The molecule has 2 aliphatic carbocycles. The number of rotatable bonds is 2. The third-order valence-corrected chi connectivity index (χ3v) is 8.93. The van der Waals surface area contributed by atoms with E-state index in [0.29, 0.717) is 11.3 Å². The number of aliphatic hydroxyl groups is 1. The molecule has 0 radical (unpaired) electrons. The molecule has 0 spiro atoms. The first-order valence-electron chi connectivity index (χ1n) is 8.70. The van der Waals surface area contributed by atoms with Gasteiger partial charge in [-0.05, 0) is 42.9 Å². The van der Waals surface area contributed by atoms with E-state index in [2.05, 4.69) is 4.99 Å². The molecular weight excluding hydrogens is 400 g/mol. The van der Waals surface area contributed by atoms with Crippen molar-refractivity contribution in [3.05, 3.63) is 60.1 Å². The highest BCUT2D eigenvalue weighted by molar-refractivity contribution is 8.00. The lowest BCUT2D eigenvalue weighted by molar-refractivity contribution is -0.462. The minimum absolute atomic E-state index is 0.0621. The van der Waals surface area contributed by atoms with Crippen LogP contribution in [-0.2, 0) is 19.6 Å². The molecule has 1 fully saturated rings. The quantitative estimate of drug-likeness (QED) is 0.301. The summed E-state index contributed by atoms with van der Waals surface area (Å²) >= 11 is 0. The first kappa shape index (κ1) is 20.5. The second-order valence-electron chi connectivity index (χ2n) is 6.96. The van der Waals surface area contributed by atoms with Crippen molar-refractivity contribution >= 4 is 35.9 Å². The third kappa shape index (κ3) is 4.43. The Morgan fingerprint density at radius 1 is 1.11 bits per heavy atom. The molecule has 1 unspecified atom stereocenters. The largest absolute Gasteiger partial charge is 0.493 e. The van der Waals surface area contributed by atoms with Gasteiger partial charge in [-0.2, -0.15) is 0 Å². The average Bonchev–Trinajstić information content (AvgIpc) is 3.03. The average molecular weight is 424 g/mol. The Morgan fingerprint density at radius 3 is 2.21 bits per heavy atom. The summed E-state index contributed by atoms with van der Waals surface area (Å²) in [7, 11) is -2.88. The fraction of sp³-hybridized carbons (Fsp3) is 0.316. The molecular formula is C19H23N2O5S2+. The Bertz CT molecular complexity index is 1100. The minimum atomic E-state index is -3.48. The molecule has 0 aromatic carbocycles. The second-order valence-corrected chi connectivity index (χ2v) is 11.5. The first-order valence-corrected chi connectivity index (χ1v) is 12.1. The maximum atomic E-state index is 12.7. The van der Waals surface area contributed by atoms with Crippen LogP contribution in [0, 0.1) is 0 Å². The molecule has 2 N–H and O–H groups in total. The van der Waals surface area contributed by atoms with E-state index in [1.165, 1.54) is 24.3 Å². The predicted molar refractivity (Wildman–Crippen MR) is 114 cm³/mol. The molecule has 1 saturated heterocycles. The van der Waals surface area contributed by atoms with Gasteiger partial charge in [0.15, 0.2) is 15.5 Å². The van der Waals surface area contributed by atoms with Crippen LogP contribution in [0.3, 0.4) is 0 Å². The molecule has 0 bridgehead atoms. The van der Waals surface area contributed by atoms with Gasteiger partial charge in [-0.25, -0.2) is 22.2 Å². The lowest BCUT2D eigenvalue weighted by Crippen LogP contribution is -2.27. The van der Waals surface area contributed by atoms with Gasteiger partial charge in [-0.1, -0.05) is 0 Å². The standard InChI is InChI=1S/C19H22N2O5S2/c1-21(2)16-7-5-15(6-8-16)20-19(22)14-3-9-17(10-4-14)28(25,26)18-11-12-27(23,24)13-18/h3-10,18H,11-13H2,1-2H3,(H,20,22)/p+1/t18-/m0/s1. The summed E-state index contributed by atoms with van der Waals surface area (Å²) in [6, 6.07) is 0. The molecule has 2 atom stereocenters. The zero-order valence-corrected chi connectivity index (χ0v) is 17.3. The molecule has 28 heavy (non-hydrogen) atoms. The van der Waals surface area contributed by atoms with Crippen LogP contribution in [0.15, 0.2) is 65.1 Å². The third-order valence-electron chi connectivity index (χ3n) is 4.69.